The monoisotopic (exact) mass is 731 g/mol. The van der Waals surface area contributed by atoms with Crippen LogP contribution in [0.4, 0.5) is 33.6 Å². The third kappa shape index (κ3) is 7.22. The molecule has 0 aliphatic carbocycles. The molecule has 52 heavy (non-hydrogen) atoms. The Morgan fingerprint density at radius 1 is 1.15 bits per heavy atom. The number of carbonyl (C=O) groups is 1. The van der Waals surface area contributed by atoms with E-state index >= 15 is 4.39 Å². The molecule has 0 aromatic carbocycles. The van der Waals surface area contributed by atoms with Gasteiger partial charge >= 0.3 is 12.2 Å². The molecule has 1 amide bonds. The number of ether oxygens (including phenoxy) is 2. The van der Waals surface area contributed by atoms with Crippen LogP contribution in [0.1, 0.15) is 30.4 Å². The number of fused-ring (bicyclic) bond motifs is 2. The van der Waals surface area contributed by atoms with Crippen LogP contribution >= 0.6 is 0 Å². The zero-order valence-corrected chi connectivity index (χ0v) is 29.1. The fraction of sp³-hybridized carbons (Fsp3) is 0.571. The second kappa shape index (κ2) is 14.3. The van der Waals surface area contributed by atoms with Gasteiger partial charge < -0.3 is 25.0 Å². The van der Waals surface area contributed by atoms with Gasteiger partial charge in [-0.3, -0.25) is 19.6 Å². The molecule has 0 unspecified atom stereocenters. The molecule has 4 aliphatic heterocycles. The van der Waals surface area contributed by atoms with E-state index < -0.39 is 40.7 Å². The average Bonchev–Trinajstić information content (AvgIpc) is 3.60. The lowest BCUT2D eigenvalue weighted by Crippen LogP contribution is -2.53. The Balaban J connectivity index is 1.15. The van der Waals surface area contributed by atoms with Crippen LogP contribution in [0.25, 0.3) is 22.3 Å². The molecule has 0 bridgehead atoms. The molecular formula is C35H42F5N9O3. The lowest BCUT2D eigenvalue weighted by Gasteiger charge is -2.40. The van der Waals surface area contributed by atoms with Crippen LogP contribution in [0, 0.1) is 18.7 Å². The van der Waals surface area contributed by atoms with E-state index in [1.807, 2.05) is 6.08 Å². The number of pyridine rings is 2. The number of hydrogen-bond donors (Lipinski definition) is 1. The van der Waals surface area contributed by atoms with Gasteiger partial charge in [-0.2, -0.15) is 23.1 Å². The number of halogens is 5. The minimum Gasteiger partial charge on any atom is -0.461 e. The molecule has 3 aromatic rings. The second-order valence-corrected chi connectivity index (χ2v) is 14.3. The summed E-state index contributed by atoms with van der Waals surface area (Å²) in [6.45, 7) is 7.42. The summed E-state index contributed by atoms with van der Waals surface area (Å²) >= 11 is 0. The molecular weight excluding hydrogens is 689 g/mol. The highest BCUT2D eigenvalue weighted by atomic mass is 19.4. The molecule has 280 valence electrons. The first-order chi connectivity index (χ1) is 24.8. The summed E-state index contributed by atoms with van der Waals surface area (Å²) in [4.78, 5) is 37.5. The molecule has 2 N–H and O–H groups in total. The Morgan fingerprint density at radius 2 is 1.92 bits per heavy atom. The Morgan fingerprint density at radius 3 is 2.67 bits per heavy atom. The first-order valence-corrected chi connectivity index (χ1v) is 17.5. The fourth-order valence-electron chi connectivity index (χ4n) is 7.95. The maximum atomic E-state index is 16.5. The standard InChI is InChI=1S/C35H42F5N9O3/c1-21-13-25(41)43-30(27(21)35(38,39)40)31-28(37)29-24(15-42-31)32(45-33(44-29)52-20-34-6-4-8-49(34)19-23(36)14-34)46(2)16-22-17-48(18-22)26(50)5-3-7-47-9-11-51-12-10-47/h3,5,13,15,22-23H,4,6-12,14,16-20H2,1-2H3,(H2,41,43)/b5-3+/t23-,34+/m1/s1. The zero-order chi connectivity index (χ0) is 36.8. The van der Waals surface area contributed by atoms with E-state index in [2.05, 4.69) is 29.7 Å². The number of rotatable bonds is 10. The molecule has 0 radical (unpaired) electrons. The molecule has 4 fully saturated rings. The van der Waals surface area contributed by atoms with Gasteiger partial charge in [0.05, 0.1) is 29.7 Å². The van der Waals surface area contributed by atoms with E-state index in [9.17, 15) is 22.4 Å². The summed E-state index contributed by atoms with van der Waals surface area (Å²) in [6.07, 6.45) is 0.690. The maximum absolute atomic E-state index is 16.5. The first kappa shape index (κ1) is 36.2. The van der Waals surface area contributed by atoms with E-state index in [1.165, 1.54) is 13.1 Å². The highest BCUT2D eigenvalue weighted by Crippen LogP contribution is 2.42. The number of alkyl halides is 4. The van der Waals surface area contributed by atoms with Crippen molar-refractivity contribution in [2.75, 3.05) is 89.9 Å². The Kier molecular flexibility index (Phi) is 9.95. The van der Waals surface area contributed by atoms with Crippen molar-refractivity contribution in [3.8, 4) is 17.4 Å². The van der Waals surface area contributed by atoms with Crippen molar-refractivity contribution in [2.24, 2.45) is 5.92 Å². The molecule has 0 saturated carbocycles. The minimum absolute atomic E-state index is 0.0628. The number of carbonyl (C=O) groups excluding carboxylic acids is 1. The Labute approximate surface area is 297 Å². The lowest BCUT2D eigenvalue weighted by atomic mass is 9.95. The summed E-state index contributed by atoms with van der Waals surface area (Å²) in [5.74, 6) is -1.14. The van der Waals surface area contributed by atoms with Crippen LogP contribution in [-0.4, -0.2) is 131 Å². The largest absolute Gasteiger partial charge is 0.461 e. The molecule has 4 aliphatic rings. The summed E-state index contributed by atoms with van der Waals surface area (Å²) in [5.41, 5.74) is 2.16. The van der Waals surface area contributed by atoms with Crippen molar-refractivity contribution < 1.29 is 36.2 Å². The van der Waals surface area contributed by atoms with E-state index in [0.29, 0.717) is 45.9 Å². The normalized spacial score (nSPS) is 23.1. The molecule has 7 heterocycles. The predicted molar refractivity (Wildman–Crippen MR) is 183 cm³/mol. The third-order valence-corrected chi connectivity index (χ3v) is 10.5. The molecule has 4 saturated heterocycles. The Bertz CT molecular complexity index is 1850. The van der Waals surface area contributed by atoms with Gasteiger partial charge in [0.1, 0.15) is 41.3 Å². The zero-order valence-electron chi connectivity index (χ0n) is 29.1. The van der Waals surface area contributed by atoms with Gasteiger partial charge in [-0.15, -0.1) is 0 Å². The van der Waals surface area contributed by atoms with E-state index in [1.54, 1.807) is 22.9 Å². The van der Waals surface area contributed by atoms with E-state index in [0.717, 1.165) is 38.5 Å². The van der Waals surface area contributed by atoms with Crippen molar-refractivity contribution >= 4 is 28.4 Å². The van der Waals surface area contributed by atoms with Gasteiger partial charge in [-0.1, -0.05) is 6.08 Å². The van der Waals surface area contributed by atoms with Crippen molar-refractivity contribution in [1.82, 2.24) is 34.6 Å². The smallest absolute Gasteiger partial charge is 0.418 e. The molecule has 3 aromatic heterocycles. The number of nitrogens with two attached hydrogens (primary N) is 1. The third-order valence-electron chi connectivity index (χ3n) is 10.5. The van der Waals surface area contributed by atoms with Crippen molar-refractivity contribution in [1.29, 1.82) is 0 Å². The second-order valence-electron chi connectivity index (χ2n) is 14.3. The number of morpholine rings is 1. The highest BCUT2D eigenvalue weighted by molar-refractivity contribution is 5.92. The van der Waals surface area contributed by atoms with Crippen molar-refractivity contribution in [2.45, 2.75) is 44.1 Å². The van der Waals surface area contributed by atoms with Crippen molar-refractivity contribution in [3.05, 3.63) is 41.4 Å². The van der Waals surface area contributed by atoms with Gasteiger partial charge in [-0.25, -0.2) is 13.8 Å². The number of nitrogen functional groups attached to an aromatic ring is 1. The van der Waals surface area contributed by atoms with Gasteiger partial charge in [0.25, 0.3) is 0 Å². The summed E-state index contributed by atoms with van der Waals surface area (Å²) in [6, 6.07) is 0.873. The number of aromatic nitrogens is 4. The SMILES string of the molecule is Cc1cc(N)nc(-c2ncc3c(N(C)CC4CN(C(=O)/C=C/CN5CCOCC5)C4)nc(OC[C@@]45CCCN4C[C@H](F)C5)nc3c2F)c1C(F)(F)F. The summed E-state index contributed by atoms with van der Waals surface area (Å²) in [5, 5.41) is 0.147. The van der Waals surface area contributed by atoms with Gasteiger partial charge in [0, 0.05) is 77.5 Å². The first-order valence-electron chi connectivity index (χ1n) is 17.5. The number of likely N-dealkylation sites (tertiary alicyclic amines) is 1. The topological polar surface area (TPSA) is 126 Å². The van der Waals surface area contributed by atoms with Crippen LogP contribution in [0.15, 0.2) is 24.4 Å². The Hall–Kier alpha value is -4.22. The lowest BCUT2D eigenvalue weighted by molar-refractivity contribution is -0.137. The highest BCUT2D eigenvalue weighted by Gasteiger charge is 2.49. The molecule has 12 nitrogen and oxygen atoms in total. The van der Waals surface area contributed by atoms with E-state index in [-0.39, 0.29) is 59.0 Å². The number of nitrogens with zero attached hydrogens (tertiary/aromatic N) is 8. The van der Waals surface area contributed by atoms with Crippen LogP contribution < -0.4 is 15.4 Å². The number of amides is 1. The minimum atomic E-state index is -4.87. The quantitative estimate of drug-likeness (QED) is 0.241. The number of aryl methyl sites for hydroxylation is 1. The van der Waals surface area contributed by atoms with E-state index in [4.69, 9.17) is 15.2 Å². The van der Waals surface area contributed by atoms with Crippen LogP contribution in [0.3, 0.4) is 0 Å². The molecule has 7 rings (SSSR count). The van der Waals surface area contributed by atoms with Gasteiger partial charge in [-0.05, 0) is 37.9 Å². The van der Waals surface area contributed by atoms with Gasteiger partial charge in [0.2, 0.25) is 5.91 Å². The molecule has 2 atom stereocenters. The summed E-state index contributed by atoms with van der Waals surface area (Å²) in [7, 11) is 1.75. The van der Waals surface area contributed by atoms with Crippen LogP contribution in [0.5, 0.6) is 6.01 Å². The average molecular weight is 732 g/mol. The predicted octanol–water partition coefficient (Wildman–Crippen LogP) is 3.87. The van der Waals surface area contributed by atoms with Gasteiger partial charge in [0.15, 0.2) is 5.82 Å². The molecule has 17 heteroatoms. The maximum Gasteiger partial charge on any atom is 0.418 e. The van der Waals surface area contributed by atoms with Crippen LogP contribution in [-0.2, 0) is 15.7 Å². The molecule has 0 spiro atoms. The van der Waals surface area contributed by atoms with Crippen LogP contribution in [0.2, 0.25) is 0 Å². The fourth-order valence-corrected chi connectivity index (χ4v) is 7.95. The number of anilines is 2. The van der Waals surface area contributed by atoms with Crippen molar-refractivity contribution in [3.63, 3.8) is 0 Å². The number of hydrogen-bond acceptors (Lipinski definition) is 11. The summed E-state index contributed by atoms with van der Waals surface area (Å²) < 4.78 is 85.1.